The van der Waals surface area contributed by atoms with Crippen molar-refractivity contribution in [3.63, 3.8) is 0 Å². The molecule has 0 aliphatic rings. The Labute approximate surface area is 150 Å². The van der Waals surface area contributed by atoms with Gasteiger partial charge in [-0.15, -0.1) is 0 Å². The molecule has 3 heteroatoms. The molecule has 3 aromatic rings. The van der Waals surface area contributed by atoms with E-state index in [0.717, 1.165) is 19.6 Å². The van der Waals surface area contributed by atoms with E-state index in [1.165, 1.54) is 42.3 Å². The maximum atomic E-state index is 5.92. The standard InChI is InChI=1S/C22H29N2O/c1-2-3-4-5-11-16-25-19-24-18-23(17-20-12-7-6-8-13-20)21-14-9-10-15-22(21)24/h6-10,12-15,18H,2-5,11,16-17,19H2,1H3/q+1. The summed E-state index contributed by atoms with van der Waals surface area (Å²) in [5.41, 5.74) is 3.79. The molecule has 0 spiro atoms. The van der Waals surface area contributed by atoms with E-state index in [4.69, 9.17) is 4.74 Å². The Morgan fingerprint density at radius 1 is 0.880 bits per heavy atom. The highest BCUT2D eigenvalue weighted by Crippen LogP contribution is 2.12. The smallest absolute Gasteiger partial charge is 0.246 e. The zero-order valence-corrected chi connectivity index (χ0v) is 15.2. The van der Waals surface area contributed by atoms with Gasteiger partial charge in [-0.1, -0.05) is 75.1 Å². The molecule has 25 heavy (non-hydrogen) atoms. The van der Waals surface area contributed by atoms with Crippen LogP contribution in [0.15, 0.2) is 60.9 Å². The quantitative estimate of drug-likeness (QED) is 0.379. The second-order valence-corrected chi connectivity index (χ2v) is 6.64. The minimum Gasteiger partial charge on any atom is -0.342 e. The van der Waals surface area contributed by atoms with Crippen molar-refractivity contribution in [1.82, 2.24) is 4.57 Å². The van der Waals surface area contributed by atoms with Gasteiger partial charge in [-0.25, -0.2) is 9.13 Å². The molecule has 0 radical (unpaired) electrons. The number of hydrogen-bond acceptors (Lipinski definition) is 1. The normalized spacial score (nSPS) is 11.2. The van der Waals surface area contributed by atoms with Gasteiger partial charge in [0.1, 0.15) is 6.54 Å². The van der Waals surface area contributed by atoms with Gasteiger partial charge in [-0.3, -0.25) is 0 Å². The molecule has 0 amide bonds. The minimum atomic E-state index is 0.621. The van der Waals surface area contributed by atoms with E-state index >= 15 is 0 Å². The van der Waals surface area contributed by atoms with E-state index in [1.807, 2.05) is 0 Å². The summed E-state index contributed by atoms with van der Waals surface area (Å²) in [5.74, 6) is 0. The molecule has 0 saturated heterocycles. The number of hydrogen-bond donors (Lipinski definition) is 0. The molecule has 0 aliphatic carbocycles. The fraction of sp³-hybridized carbons (Fsp3) is 0.409. The lowest BCUT2D eigenvalue weighted by Gasteiger charge is -2.02. The van der Waals surface area contributed by atoms with Crippen molar-refractivity contribution in [2.45, 2.75) is 52.3 Å². The fourth-order valence-corrected chi connectivity index (χ4v) is 3.22. The summed E-state index contributed by atoms with van der Waals surface area (Å²) in [6.07, 6.45) is 8.55. The predicted molar refractivity (Wildman–Crippen MR) is 102 cm³/mol. The maximum Gasteiger partial charge on any atom is 0.246 e. The number of rotatable bonds is 10. The van der Waals surface area contributed by atoms with Crippen molar-refractivity contribution in [3.05, 3.63) is 66.5 Å². The molecule has 0 atom stereocenters. The second-order valence-electron chi connectivity index (χ2n) is 6.64. The molecule has 2 aromatic carbocycles. The molecular formula is C22H29N2O+. The summed E-state index contributed by atoms with van der Waals surface area (Å²) in [5, 5.41) is 0. The summed E-state index contributed by atoms with van der Waals surface area (Å²) in [6, 6.07) is 19.1. The third kappa shape index (κ3) is 4.93. The number of para-hydroxylation sites is 2. The molecule has 1 aromatic heterocycles. The van der Waals surface area contributed by atoms with Gasteiger partial charge in [0, 0.05) is 0 Å². The Morgan fingerprint density at radius 2 is 1.64 bits per heavy atom. The Balaban J connectivity index is 1.63. The minimum absolute atomic E-state index is 0.621. The molecule has 0 N–H and O–H groups in total. The van der Waals surface area contributed by atoms with Gasteiger partial charge in [-0.05, 0) is 24.1 Å². The monoisotopic (exact) mass is 337 g/mol. The summed E-state index contributed by atoms with van der Waals surface area (Å²) in [6.45, 7) is 4.59. The topological polar surface area (TPSA) is 18.0 Å². The molecular weight excluding hydrogens is 308 g/mol. The number of fused-ring (bicyclic) bond motifs is 1. The van der Waals surface area contributed by atoms with Crippen LogP contribution in [0.1, 0.15) is 44.6 Å². The van der Waals surface area contributed by atoms with Gasteiger partial charge in [0.15, 0.2) is 17.8 Å². The van der Waals surface area contributed by atoms with Gasteiger partial charge < -0.3 is 4.74 Å². The highest BCUT2D eigenvalue weighted by molar-refractivity contribution is 5.71. The zero-order chi connectivity index (χ0) is 17.3. The first-order chi connectivity index (χ1) is 12.4. The van der Waals surface area contributed by atoms with Crippen LogP contribution in [0.2, 0.25) is 0 Å². The predicted octanol–water partition coefficient (Wildman–Crippen LogP) is 4.92. The van der Waals surface area contributed by atoms with Crippen molar-refractivity contribution in [1.29, 1.82) is 0 Å². The summed E-state index contributed by atoms with van der Waals surface area (Å²) in [7, 11) is 0. The van der Waals surface area contributed by atoms with Crippen LogP contribution in [0.3, 0.4) is 0 Å². The lowest BCUT2D eigenvalue weighted by atomic mass is 10.2. The van der Waals surface area contributed by atoms with Crippen LogP contribution >= 0.6 is 0 Å². The summed E-state index contributed by atoms with van der Waals surface area (Å²) >= 11 is 0. The van der Waals surface area contributed by atoms with Crippen LogP contribution in [0.5, 0.6) is 0 Å². The van der Waals surface area contributed by atoms with Gasteiger partial charge in [-0.2, -0.15) is 0 Å². The van der Waals surface area contributed by atoms with E-state index in [0.29, 0.717) is 6.73 Å². The zero-order valence-electron chi connectivity index (χ0n) is 15.2. The van der Waals surface area contributed by atoms with Crippen LogP contribution in [0.4, 0.5) is 0 Å². The van der Waals surface area contributed by atoms with Gasteiger partial charge in [0.05, 0.1) is 6.61 Å². The lowest BCUT2D eigenvalue weighted by molar-refractivity contribution is -0.663. The fourth-order valence-electron chi connectivity index (χ4n) is 3.22. The molecule has 0 fully saturated rings. The molecule has 0 saturated carbocycles. The van der Waals surface area contributed by atoms with Crippen LogP contribution in [-0.4, -0.2) is 11.2 Å². The van der Waals surface area contributed by atoms with Crippen molar-refractivity contribution < 1.29 is 9.30 Å². The highest BCUT2D eigenvalue weighted by Gasteiger charge is 2.15. The highest BCUT2D eigenvalue weighted by atomic mass is 16.5. The average molecular weight is 337 g/mol. The first-order valence-electron chi connectivity index (χ1n) is 9.47. The first-order valence-corrected chi connectivity index (χ1v) is 9.47. The SMILES string of the molecule is CCCCCCCOCn1c[n+](Cc2ccccc2)c2ccccc21. The van der Waals surface area contributed by atoms with Gasteiger partial charge in [0.2, 0.25) is 6.33 Å². The molecule has 132 valence electrons. The molecule has 3 nitrogen and oxygen atoms in total. The van der Waals surface area contributed by atoms with E-state index in [2.05, 4.69) is 77.0 Å². The van der Waals surface area contributed by atoms with E-state index in [1.54, 1.807) is 0 Å². The lowest BCUT2D eigenvalue weighted by Crippen LogP contribution is -2.32. The third-order valence-electron chi connectivity index (χ3n) is 4.60. The number of aromatic nitrogens is 2. The second kappa shape index (κ2) is 9.38. The molecule has 0 aliphatic heterocycles. The Kier molecular flexibility index (Phi) is 6.63. The Bertz CT molecular complexity index is 764. The number of nitrogens with zero attached hydrogens (tertiary/aromatic N) is 2. The third-order valence-corrected chi connectivity index (χ3v) is 4.60. The van der Waals surface area contributed by atoms with Crippen molar-refractivity contribution >= 4 is 11.0 Å². The number of unbranched alkanes of at least 4 members (excludes halogenated alkanes) is 4. The van der Waals surface area contributed by atoms with Crippen molar-refractivity contribution in [3.8, 4) is 0 Å². The maximum absolute atomic E-state index is 5.92. The van der Waals surface area contributed by atoms with Crippen LogP contribution in [-0.2, 0) is 18.0 Å². The van der Waals surface area contributed by atoms with Gasteiger partial charge in [0.25, 0.3) is 0 Å². The van der Waals surface area contributed by atoms with Gasteiger partial charge >= 0.3 is 0 Å². The van der Waals surface area contributed by atoms with E-state index in [-0.39, 0.29) is 0 Å². The summed E-state index contributed by atoms with van der Waals surface area (Å²) < 4.78 is 10.4. The van der Waals surface area contributed by atoms with E-state index in [9.17, 15) is 0 Å². The van der Waals surface area contributed by atoms with Crippen LogP contribution in [0, 0.1) is 0 Å². The molecule has 1 heterocycles. The van der Waals surface area contributed by atoms with Crippen LogP contribution in [0.25, 0.3) is 11.0 Å². The number of ether oxygens (including phenoxy) is 1. The van der Waals surface area contributed by atoms with Crippen LogP contribution < -0.4 is 4.57 Å². The van der Waals surface area contributed by atoms with E-state index < -0.39 is 0 Å². The molecule has 0 unspecified atom stereocenters. The average Bonchev–Trinajstić information content (AvgIpc) is 3.00. The Hall–Kier alpha value is -2.13. The summed E-state index contributed by atoms with van der Waals surface area (Å²) in [4.78, 5) is 0. The molecule has 3 rings (SSSR count). The number of imidazole rings is 1. The largest absolute Gasteiger partial charge is 0.342 e. The van der Waals surface area contributed by atoms with Crippen molar-refractivity contribution in [2.24, 2.45) is 0 Å². The molecule has 0 bridgehead atoms. The Morgan fingerprint density at radius 3 is 2.48 bits per heavy atom. The van der Waals surface area contributed by atoms with Crippen molar-refractivity contribution in [2.75, 3.05) is 6.61 Å². The first kappa shape index (κ1) is 17.7. The number of benzene rings is 2.